The van der Waals surface area contributed by atoms with Gasteiger partial charge in [-0.15, -0.1) is 6.58 Å². The third-order valence-corrected chi connectivity index (χ3v) is 4.98. The summed E-state index contributed by atoms with van der Waals surface area (Å²) in [5, 5.41) is 16.8. The molecule has 32 heavy (non-hydrogen) atoms. The number of benzene rings is 1. The maximum atomic E-state index is 12.0. The lowest BCUT2D eigenvalue weighted by atomic mass is 9.97. The van der Waals surface area contributed by atoms with Gasteiger partial charge in [-0.05, 0) is 31.2 Å². The Morgan fingerprint density at radius 1 is 1.19 bits per heavy atom. The van der Waals surface area contributed by atoms with E-state index in [4.69, 9.17) is 4.74 Å². The fourth-order valence-electron chi connectivity index (χ4n) is 3.27. The number of hydrazine groups is 1. The van der Waals surface area contributed by atoms with Crippen molar-refractivity contribution in [2.75, 3.05) is 30.1 Å². The highest BCUT2D eigenvalue weighted by atomic mass is 16.5. The molecule has 3 heterocycles. The van der Waals surface area contributed by atoms with Gasteiger partial charge in [0, 0.05) is 17.4 Å². The average molecular weight is 432 g/mol. The van der Waals surface area contributed by atoms with Gasteiger partial charge in [-0.25, -0.2) is 20.0 Å². The number of hydrogen-bond donors (Lipinski definition) is 2. The monoisotopic (exact) mass is 432 g/mol. The Balaban J connectivity index is 1.77. The molecule has 2 aromatic heterocycles. The SMILES string of the molecule is C=CCN(C=O)N(c1cccc(C2(O)COC2)n1)c1nc(Nc2ccccc2)ncc1C. The first kappa shape index (κ1) is 21.4. The highest BCUT2D eigenvalue weighted by molar-refractivity contribution is 5.66. The van der Waals surface area contributed by atoms with Crippen LogP contribution < -0.4 is 10.3 Å². The molecular weight excluding hydrogens is 408 g/mol. The number of aryl methyl sites for hydroxylation is 1. The van der Waals surface area contributed by atoms with Crippen molar-refractivity contribution >= 4 is 29.7 Å². The maximum absolute atomic E-state index is 12.0. The minimum absolute atomic E-state index is 0.172. The van der Waals surface area contributed by atoms with Crippen LogP contribution in [-0.2, 0) is 15.1 Å². The Labute approximate surface area is 186 Å². The summed E-state index contributed by atoms with van der Waals surface area (Å²) >= 11 is 0. The highest BCUT2D eigenvalue weighted by Gasteiger charge is 2.40. The normalized spacial score (nSPS) is 14.2. The summed E-state index contributed by atoms with van der Waals surface area (Å²) in [6, 6.07) is 14.8. The first-order valence-corrected chi connectivity index (χ1v) is 10.1. The Morgan fingerprint density at radius 2 is 1.97 bits per heavy atom. The summed E-state index contributed by atoms with van der Waals surface area (Å²) in [4.78, 5) is 25.7. The molecule has 1 saturated heterocycles. The smallest absolute Gasteiger partial charge is 0.229 e. The summed E-state index contributed by atoms with van der Waals surface area (Å²) in [7, 11) is 0. The van der Waals surface area contributed by atoms with Crippen LogP contribution in [0.1, 0.15) is 11.3 Å². The van der Waals surface area contributed by atoms with Crippen LogP contribution in [0.4, 0.5) is 23.3 Å². The Kier molecular flexibility index (Phi) is 6.11. The molecule has 1 amide bonds. The number of aromatic nitrogens is 3. The molecule has 9 nitrogen and oxygen atoms in total. The molecule has 1 fully saturated rings. The van der Waals surface area contributed by atoms with Gasteiger partial charge in [0.05, 0.1) is 25.5 Å². The summed E-state index contributed by atoms with van der Waals surface area (Å²) in [5.41, 5.74) is 0.884. The number of anilines is 4. The van der Waals surface area contributed by atoms with Gasteiger partial charge < -0.3 is 15.2 Å². The van der Waals surface area contributed by atoms with E-state index in [2.05, 4.69) is 26.8 Å². The second-order valence-corrected chi connectivity index (χ2v) is 7.42. The van der Waals surface area contributed by atoms with E-state index in [1.807, 2.05) is 37.3 Å². The molecule has 1 aliphatic rings. The predicted molar refractivity (Wildman–Crippen MR) is 121 cm³/mol. The van der Waals surface area contributed by atoms with E-state index in [1.54, 1.807) is 35.5 Å². The van der Waals surface area contributed by atoms with Crippen LogP contribution in [0.15, 0.2) is 67.4 Å². The Hall–Kier alpha value is -3.82. The molecule has 0 atom stereocenters. The van der Waals surface area contributed by atoms with E-state index >= 15 is 0 Å². The lowest BCUT2D eigenvalue weighted by Crippen LogP contribution is -2.47. The van der Waals surface area contributed by atoms with Crippen molar-refractivity contribution in [3.8, 4) is 0 Å². The maximum Gasteiger partial charge on any atom is 0.229 e. The fraction of sp³-hybridized carbons (Fsp3) is 0.217. The molecule has 1 aromatic carbocycles. The van der Waals surface area contributed by atoms with Crippen LogP contribution in [0.5, 0.6) is 0 Å². The zero-order chi connectivity index (χ0) is 22.6. The number of hydrogen-bond acceptors (Lipinski definition) is 8. The van der Waals surface area contributed by atoms with Crippen LogP contribution >= 0.6 is 0 Å². The van der Waals surface area contributed by atoms with Crippen LogP contribution in [0.3, 0.4) is 0 Å². The van der Waals surface area contributed by atoms with Gasteiger partial charge in [0.15, 0.2) is 17.2 Å². The zero-order valence-electron chi connectivity index (χ0n) is 17.7. The second kappa shape index (κ2) is 9.13. The van der Waals surface area contributed by atoms with Crippen molar-refractivity contribution in [2.45, 2.75) is 12.5 Å². The highest BCUT2D eigenvalue weighted by Crippen LogP contribution is 2.32. The number of nitrogens with one attached hydrogen (secondary N) is 1. The number of nitrogens with zero attached hydrogens (tertiary/aromatic N) is 5. The van der Waals surface area contributed by atoms with E-state index < -0.39 is 5.60 Å². The molecule has 1 aliphatic heterocycles. The number of amides is 1. The van der Waals surface area contributed by atoms with Crippen molar-refractivity contribution in [3.05, 3.63) is 78.6 Å². The van der Waals surface area contributed by atoms with Crippen LogP contribution in [0.2, 0.25) is 0 Å². The second-order valence-electron chi connectivity index (χ2n) is 7.42. The average Bonchev–Trinajstić information content (AvgIpc) is 2.80. The van der Waals surface area contributed by atoms with Crippen molar-refractivity contribution < 1.29 is 14.6 Å². The predicted octanol–water partition coefficient (Wildman–Crippen LogP) is 2.84. The molecule has 0 spiro atoms. The minimum Gasteiger partial charge on any atom is -0.379 e. The summed E-state index contributed by atoms with van der Waals surface area (Å²) in [5.74, 6) is 1.26. The number of pyridine rings is 1. The van der Waals surface area contributed by atoms with Gasteiger partial charge >= 0.3 is 0 Å². The van der Waals surface area contributed by atoms with Gasteiger partial charge in [-0.3, -0.25) is 4.79 Å². The van der Waals surface area contributed by atoms with E-state index in [9.17, 15) is 9.90 Å². The quantitative estimate of drug-likeness (QED) is 0.302. The summed E-state index contributed by atoms with van der Waals surface area (Å²) < 4.78 is 5.16. The fourth-order valence-corrected chi connectivity index (χ4v) is 3.27. The van der Waals surface area contributed by atoms with Crippen LogP contribution in [-0.4, -0.2) is 51.2 Å². The molecule has 164 valence electrons. The van der Waals surface area contributed by atoms with Gasteiger partial charge in [-0.2, -0.15) is 4.98 Å². The largest absolute Gasteiger partial charge is 0.379 e. The summed E-state index contributed by atoms with van der Waals surface area (Å²) in [6.07, 6.45) is 3.97. The first-order chi connectivity index (χ1) is 15.5. The minimum atomic E-state index is -1.15. The topological polar surface area (TPSA) is 104 Å². The van der Waals surface area contributed by atoms with Gasteiger partial charge in [0.25, 0.3) is 0 Å². The molecule has 9 heteroatoms. The Morgan fingerprint density at radius 3 is 2.62 bits per heavy atom. The first-order valence-electron chi connectivity index (χ1n) is 10.1. The molecule has 0 bridgehead atoms. The van der Waals surface area contributed by atoms with Crippen LogP contribution in [0.25, 0.3) is 0 Å². The molecule has 4 rings (SSSR count). The standard InChI is InChI=1S/C23H24N6O3/c1-3-12-28(16-30)29(20-11-7-10-19(26-20)23(31)14-32-15-23)21-17(2)13-24-22(27-21)25-18-8-5-4-6-9-18/h3-11,13,16,31H,1,12,14-15H2,2H3,(H,24,25,27). The van der Waals surface area contributed by atoms with E-state index in [0.29, 0.717) is 29.7 Å². The number of para-hydroxylation sites is 1. The van der Waals surface area contributed by atoms with E-state index in [1.165, 1.54) is 5.01 Å². The van der Waals surface area contributed by atoms with Crippen molar-refractivity contribution in [1.82, 2.24) is 20.0 Å². The van der Waals surface area contributed by atoms with E-state index in [0.717, 1.165) is 11.3 Å². The molecule has 0 unspecified atom stereocenters. The molecule has 2 N–H and O–H groups in total. The zero-order valence-corrected chi connectivity index (χ0v) is 17.7. The molecule has 0 saturated carbocycles. The lowest BCUT2D eigenvalue weighted by molar-refractivity contribution is -0.186. The molecule has 0 aliphatic carbocycles. The van der Waals surface area contributed by atoms with E-state index in [-0.39, 0.29) is 19.8 Å². The third-order valence-electron chi connectivity index (χ3n) is 4.98. The number of carbonyl (C=O) groups excluding carboxylic acids is 1. The van der Waals surface area contributed by atoms with Crippen molar-refractivity contribution in [3.63, 3.8) is 0 Å². The molecule has 3 aromatic rings. The lowest BCUT2D eigenvalue weighted by Gasteiger charge is -2.37. The Bertz CT molecular complexity index is 1100. The number of carbonyl (C=O) groups is 1. The number of aliphatic hydroxyl groups is 1. The van der Waals surface area contributed by atoms with Crippen molar-refractivity contribution in [1.29, 1.82) is 0 Å². The van der Waals surface area contributed by atoms with Gasteiger partial charge in [0.1, 0.15) is 0 Å². The molecule has 0 radical (unpaired) electrons. The molecular formula is C23H24N6O3. The van der Waals surface area contributed by atoms with Gasteiger partial charge in [0.2, 0.25) is 12.4 Å². The number of ether oxygens (including phenoxy) is 1. The third kappa shape index (κ3) is 4.29. The van der Waals surface area contributed by atoms with Gasteiger partial charge in [-0.1, -0.05) is 30.3 Å². The summed E-state index contributed by atoms with van der Waals surface area (Å²) in [6.45, 7) is 6.17. The van der Waals surface area contributed by atoms with Crippen molar-refractivity contribution in [2.24, 2.45) is 0 Å². The number of rotatable bonds is 9. The van der Waals surface area contributed by atoms with Crippen LogP contribution in [0, 0.1) is 6.92 Å².